The van der Waals surface area contributed by atoms with Crippen molar-refractivity contribution in [3.05, 3.63) is 0 Å². The minimum Gasteiger partial charge on any atom is -0.284 e. The number of piperazine rings is 1. The zero-order valence-corrected chi connectivity index (χ0v) is 7.83. The van der Waals surface area contributed by atoms with Crippen molar-refractivity contribution in [1.82, 2.24) is 9.80 Å². The lowest BCUT2D eigenvalue weighted by Crippen LogP contribution is -2.52. The molecular formula is C9H12N2O2. The number of carbonyl (C=O) groups is 2. The fourth-order valence-electron chi connectivity index (χ4n) is 1.09. The Morgan fingerprint density at radius 3 is 2.31 bits per heavy atom. The minimum absolute atomic E-state index is 0.158. The maximum atomic E-state index is 11.2. The molecule has 0 atom stereocenters. The Labute approximate surface area is 77.5 Å². The van der Waals surface area contributed by atoms with Crippen LogP contribution >= 0.6 is 0 Å². The van der Waals surface area contributed by atoms with Gasteiger partial charge in [0.2, 0.25) is 11.8 Å². The first kappa shape index (κ1) is 9.75. The highest BCUT2D eigenvalue weighted by molar-refractivity contribution is 5.99. The fraction of sp³-hybridized carbons (Fsp3) is 0.556. The Morgan fingerprint density at radius 1 is 1.31 bits per heavy atom. The molecule has 13 heavy (non-hydrogen) atoms. The number of rotatable bonds is 1. The summed E-state index contributed by atoms with van der Waals surface area (Å²) in [4.78, 5) is 25.3. The zero-order valence-electron chi connectivity index (χ0n) is 7.83. The van der Waals surface area contributed by atoms with E-state index in [0.717, 1.165) is 4.90 Å². The average Bonchev–Trinajstić information content (AvgIpc) is 2.10. The van der Waals surface area contributed by atoms with Crippen LogP contribution < -0.4 is 0 Å². The molecule has 4 nitrogen and oxygen atoms in total. The van der Waals surface area contributed by atoms with Crippen LogP contribution in [0.4, 0.5) is 0 Å². The highest BCUT2D eigenvalue weighted by Gasteiger charge is 2.26. The van der Waals surface area contributed by atoms with Gasteiger partial charge in [0.1, 0.15) is 0 Å². The lowest BCUT2D eigenvalue weighted by atomic mass is 10.3. The van der Waals surface area contributed by atoms with Crippen LogP contribution in [0.25, 0.3) is 0 Å². The number of likely N-dealkylation sites (N-methyl/N-ethyl adjacent to an activating group) is 1. The van der Waals surface area contributed by atoms with E-state index >= 15 is 0 Å². The van der Waals surface area contributed by atoms with Gasteiger partial charge in [-0.1, -0.05) is 5.92 Å². The SMILES string of the molecule is CC#CCN1CC(=O)N(C)C(=O)C1. The van der Waals surface area contributed by atoms with Crippen molar-refractivity contribution in [1.29, 1.82) is 0 Å². The van der Waals surface area contributed by atoms with Crippen LogP contribution in [0.1, 0.15) is 6.92 Å². The van der Waals surface area contributed by atoms with Gasteiger partial charge in [0.15, 0.2) is 0 Å². The van der Waals surface area contributed by atoms with Crippen LogP contribution in [0.5, 0.6) is 0 Å². The fourth-order valence-corrected chi connectivity index (χ4v) is 1.09. The molecule has 0 aromatic rings. The molecule has 0 bridgehead atoms. The van der Waals surface area contributed by atoms with Gasteiger partial charge in [-0.2, -0.15) is 0 Å². The second kappa shape index (κ2) is 4.06. The quantitative estimate of drug-likeness (QED) is 0.396. The Hall–Kier alpha value is -1.34. The number of hydrogen-bond acceptors (Lipinski definition) is 3. The summed E-state index contributed by atoms with van der Waals surface area (Å²) in [5.41, 5.74) is 0. The van der Waals surface area contributed by atoms with Gasteiger partial charge in [0.05, 0.1) is 19.6 Å². The molecule has 1 rings (SSSR count). The van der Waals surface area contributed by atoms with E-state index in [2.05, 4.69) is 11.8 Å². The standard InChI is InChI=1S/C9H12N2O2/c1-3-4-5-11-6-8(12)10(2)9(13)7-11/h5-7H2,1-2H3. The van der Waals surface area contributed by atoms with E-state index in [9.17, 15) is 9.59 Å². The highest BCUT2D eigenvalue weighted by Crippen LogP contribution is 2.01. The highest BCUT2D eigenvalue weighted by atomic mass is 16.2. The van der Waals surface area contributed by atoms with Gasteiger partial charge in [0.25, 0.3) is 0 Å². The van der Waals surface area contributed by atoms with Gasteiger partial charge in [-0.3, -0.25) is 19.4 Å². The molecule has 0 radical (unpaired) electrons. The van der Waals surface area contributed by atoms with E-state index in [1.807, 2.05) is 0 Å². The van der Waals surface area contributed by atoms with E-state index < -0.39 is 0 Å². The summed E-state index contributed by atoms with van der Waals surface area (Å²) in [6, 6.07) is 0. The number of hydrogen-bond donors (Lipinski definition) is 0. The Balaban J connectivity index is 2.57. The molecule has 0 spiro atoms. The van der Waals surface area contributed by atoms with Gasteiger partial charge in [0, 0.05) is 7.05 Å². The van der Waals surface area contributed by atoms with Crippen LogP contribution in [0, 0.1) is 11.8 Å². The Morgan fingerprint density at radius 2 is 1.85 bits per heavy atom. The molecule has 1 aliphatic rings. The Bertz CT molecular complexity index is 270. The first-order valence-electron chi connectivity index (χ1n) is 4.06. The van der Waals surface area contributed by atoms with Crippen LogP contribution in [-0.4, -0.2) is 48.3 Å². The number of amides is 2. The number of carbonyl (C=O) groups excluding carboxylic acids is 2. The second-order valence-electron chi connectivity index (χ2n) is 2.92. The molecule has 0 aromatic carbocycles. The van der Waals surface area contributed by atoms with Crippen molar-refractivity contribution < 1.29 is 9.59 Å². The van der Waals surface area contributed by atoms with Crippen molar-refractivity contribution in [2.45, 2.75) is 6.92 Å². The van der Waals surface area contributed by atoms with Crippen molar-refractivity contribution in [2.24, 2.45) is 0 Å². The maximum absolute atomic E-state index is 11.2. The van der Waals surface area contributed by atoms with E-state index in [1.54, 1.807) is 11.8 Å². The van der Waals surface area contributed by atoms with Crippen molar-refractivity contribution in [3.63, 3.8) is 0 Å². The summed E-state index contributed by atoms with van der Waals surface area (Å²) in [6.07, 6.45) is 0. The van der Waals surface area contributed by atoms with Gasteiger partial charge in [-0.05, 0) is 6.92 Å². The van der Waals surface area contributed by atoms with E-state index in [-0.39, 0.29) is 24.9 Å². The third-order valence-electron chi connectivity index (χ3n) is 1.95. The smallest absolute Gasteiger partial charge is 0.243 e. The van der Waals surface area contributed by atoms with E-state index in [0.29, 0.717) is 6.54 Å². The maximum Gasteiger partial charge on any atom is 0.243 e. The van der Waals surface area contributed by atoms with Crippen LogP contribution in [0.2, 0.25) is 0 Å². The lowest BCUT2D eigenvalue weighted by molar-refractivity contribution is -0.149. The van der Waals surface area contributed by atoms with Gasteiger partial charge < -0.3 is 0 Å². The normalized spacial score (nSPS) is 18.5. The monoisotopic (exact) mass is 180 g/mol. The molecule has 70 valence electrons. The zero-order chi connectivity index (χ0) is 9.84. The molecule has 0 unspecified atom stereocenters. The molecule has 1 fully saturated rings. The molecule has 1 saturated heterocycles. The van der Waals surface area contributed by atoms with Crippen molar-refractivity contribution in [3.8, 4) is 11.8 Å². The van der Waals surface area contributed by atoms with E-state index in [1.165, 1.54) is 7.05 Å². The average molecular weight is 180 g/mol. The van der Waals surface area contributed by atoms with Gasteiger partial charge in [-0.15, -0.1) is 5.92 Å². The molecule has 0 aromatic heterocycles. The molecule has 2 amide bonds. The lowest BCUT2D eigenvalue weighted by Gasteiger charge is -2.28. The number of imide groups is 1. The van der Waals surface area contributed by atoms with Crippen molar-refractivity contribution >= 4 is 11.8 Å². The largest absolute Gasteiger partial charge is 0.284 e. The Kier molecular flexibility index (Phi) is 3.04. The predicted octanol–water partition coefficient (Wildman–Crippen LogP) is -0.690. The topological polar surface area (TPSA) is 40.6 Å². The minimum atomic E-state index is -0.158. The summed E-state index contributed by atoms with van der Waals surface area (Å²) >= 11 is 0. The first-order chi connectivity index (χ1) is 6.15. The van der Waals surface area contributed by atoms with Crippen molar-refractivity contribution in [2.75, 3.05) is 26.7 Å². The summed E-state index contributed by atoms with van der Waals surface area (Å²) in [6.45, 7) is 2.80. The molecule has 0 saturated carbocycles. The summed E-state index contributed by atoms with van der Waals surface area (Å²) in [5.74, 6) is 5.24. The molecule has 1 heterocycles. The van der Waals surface area contributed by atoms with Crippen LogP contribution in [-0.2, 0) is 9.59 Å². The predicted molar refractivity (Wildman–Crippen MR) is 47.7 cm³/mol. The first-order valence-corrected chi connectivity index (χ1v) is 4.06. The molecule has 0 N–H and O–H groups in total. The molecule has 4 heteroatoms. The molecular weight excluding hydrogens is 168 g/mol. The third-order valence-corrected chi connectivity index (χ3v) is 1.95. The molecule has 1 aliphatic heterocycles. The van der Waals surface area contributed by atoms with Crippen LogP contribution in [0.15, 0.2) is 0 Å². The van der Waals surface area contributed by atoms with E-state index in [4.69, 9.17) is 0 Å². The number of nitrogens with zero attached hydrogens (tertiary/aromatic N) is 2. The summed E-state index contributed by atoms with van der Waals surface area (Å²) < 4.78 is 0. The summed E-state index contributed by atoms with van der Waals surface area (Å²) in [5, 5.41) is 0. The van der Waals surface area contributed by atoms with Gasteiger partial charge in [-0.25, -0.2) is 0 Å². The third kappa shape index (κ3) is 2.30. The van der Waals surface area contributed by atoms with Gasteiger partial charge >= 0.3 is 0 Å². The molecule has 0 aliphatic carbocycles. The second-order valence-corrected chi connectivity index (χ2v) is 2.92. The van der Waals surface area contributed by atoms with Crippen LogP contribution in [0.3, 0.4) is 0 Å². The summed E-state index contributed by atoms with van der Waals surface area (Å²) in [7, 11) is 1.51.